The first-order valence-electron chi connectivity index (χ1n) is 11.1. The molecular weight excluding hydrogens is 419 g/mol. The first-order valence-corrected chi connectivity index (χ1v) is 11.9. The fourth-order valence-electron chi connectivity index (χ4n) is 5.92. The summed E-state index contributed by atoms with van der Waals surface area (Å²) in [7, 11) is 0. The second kappa shape index (κ2) is 6.40. The average molecular weight is 449 g/mol. The molecule has 0 atom stereocenters. The van der Waals surface area contributed by atoms with Crippen LogP contribution in [0.4, 0.5) is 0 Å². The lowest BCUT2D eigenvalue weighted by atomic mass is 9.51. The van der Waals surface area contributed by atoms with Crippen LogP contribution in [0.3, 0.4) is 0 Å². The van der Waals surface area contributed by atoms with Crippen LogP contribution >= 0.6 is 23.2 Å². The second-order valence-electron chi connectivity index (χ2n) is 11.5. The quantitative estimate of drug-likeness (QED) is 0.322. The molecule has 0 saturated carbocycles. The maximum Gasteiger partial charge on any atom is 0.0462 e. The lowest BCUT2D eigenvalue weighted by molar-refractivity contribution is 0.531. The van der Waals surface area contributed by atoms with Gasteiger partial charge in [0.05, 0.1) is 0 Å². The first-order chi connectivity index (χ1) is 14.4. The van der Waals surface area contributed by atoms with E-state index in [-0.39, 0.29) is 22.2 Å². The third kappa shape index (κ3) is 2.74. The Morgan fingerprint density at radius 3 is 1.71 bits per heavy atom. The Labute approximate surface area is 196 Å². The van der Waals surface area contributed by atoms with Gasteiger partial charge >= 0.3 is 0 Å². The van der Waals surface area contributed by atoms with Crippen molar-refractivity contribution in [3.63, 3.8) is 0 Å². The Hall–Kier alpha value is -1.76. The molecule has 0 N–H and O–H groups in total. The molecule has 0 nitrogen and oxygen atoms in total. The maximum absolute atomic E-state index is 6.93. The minimum absolute atomic E-state index is 0.0245. The highest BCUT2D eigenvalue weighted by atomic mass is 35.5. The predicted molar refractivity (Wildman–Crippen MR) is 133 cm³/mol. The molecule has 0 unspecified atom stereocenters. The Kier molecular flexibility index (Phi) is 4.35. The fourth-order valence-corrected chi connectivity index (χ4v) is 6.66. The van der Waals surface area contributed by atoms with Crippen LogP contribution in [0.15, 0.2) is 48.5 Å². The van der Waals surface area contributed by atoms with Gasteiger partial charge in [0.2, 0.25) is 0 Å². The molecule has 31 heavy (non-hydrogen) atoms. The third-order valence-corrected chi connectivity index (χ3v) is 8.03. The molecule has 6 rings (SSSR count). The molecule has 0 fully saturated rings. The number of halogens is 2. The van der Waals surface area contributed by atoms with Crippen LogP contribution in [0.2, 0.25) is 10.0 Å². The highest BCUT2D eigenvalue weighted by molar-refractivity contribution is 6.33. The normalized spacial score (nSPS) is 21.5. The van der Waals surface area contributed by atoms with E-state index in [0.29, 0.717) is 0 Å². The van der Waals surface area contributed by atoms with Crippen molar-refractivity contribution in [1.29, 1.82) is 0 Å². The molecule has 0 aliphatic heterocycles. The molecule has 3 aliphatic rings. The molecule has 0 heterocycles. The summed E-state index contributed by atoms with van der Waals surface area (Å²) in [4.78, 5) is 0. The van der Waals surface area contributed by atoms with E-state index in [4.69, 9.17) is 23.2 Å². The van der Waals surface area contributed by atoms with Gasteiger partial charge in [0, 0.05) is 21.4 Å². The van der Waals surface area contributed by atoms with Crippen molar-refractivity contribution in [3.8, 4) is 0 Å². The zero-order chi connectivity index (χ0) is 22.5. The highest BCUT2D eigenvalue weighted by Gasteiger charge is 2.52. The highest BCUT2D eigenvalue weighted by Crippen LogP contribution is 2.63. The van der Waals surface area contributed by atoms with E-state index in [1.54, 1.807) is 0 Å². The van der Waals surface area contributed by atoms with E-state index in [0.717, 1.165) is 10.0 Å². The Balaban J connectivity index is 2.01. The number of hydrogen-bond donors (Lipinski definition) is 0. The zero-order valence-corrected chi connectivity index (χ0v) is 21.0. The topological polar surface area (TPSA) is 0 Å². The van der Waals surface area contributed by atoms with Crippen molar-refractivity contribution in [2.45, 2.75) is 70.6 Å². The predicted octanol–water partition coefficient (Wildman–Crippen LogP) is 8.75. The van der Waals surface area contributed by atoms with Crippen LogP contribution in [0.1, 0.15) is 98.9 Å². The van der Waals surface area contributed by atoms with Gasteiger partial charge < -0.3 is 0 Å². The molecule has 2 heteroatoms. The van der Waals surface area contributed by atoms with Crippen LogP contribution in [0, 0.1) is 0 Å². The van der Waals surface area contributed by atoms with Crippen molar-refractivity contribution >= 4 is 23.2 Å². The van der Waals surface area contributed by atoms with E-state index in [9.17, 15) is 0 Å². The standard InChI is InChI=1S/C29H30Cl2/c1-27(2,3)16-14-19(28(4,5)6)24-20(15-16)29(7)25-17(10-8-12-21(25)30)23(24)18-11-9-13-22(31)26(18)29/h8-15,23H,1-7H3. The lowest BCUT2D eigenvalue weighted by Crippen LogP contribution is -2.42. The van der Waals surface area contributed by atoms with Crippen molar-refractivity contribution in [2.24, 2.45) is 0 Å². The van der Waals surface area contributed by atoms with Gasteiger partial charge in [-0.2, -0.15) is 0 Å². The summed E-state index contributed by atoms with van der Waals surface area (Å²) < 4.78 is 0. The summed E-state index contributed by atoms with van der Waals surface area (Å²) in [5.74, 6) is 0.155. The van der Waals surface area contributed by atoms with Crippen molar-refractivity contribution in [1.82, 2.24) is 0 Å². The molecule has 3 aliphatic carbocycles. The van der Waals surface area contributed by atoms with Gasteiger partial charge in [-0.15, -0.1) is 0 Å². The fraction of sp³-hybridized carbons (Fsp3) is 0.379. The molecule has 2 bridgehead atoms. The van der Waals surface area contributed by atoms with Gasteiger partial charge in [-0.3, -0.25) is 0 Å². The SMILES string of the molecule is CC(C)(C)c1cc(C(C)(C)C)c2c(c1)C1(C)c3c(Cl)cccc3C2c2cccc(Cl)c21. The third-order valence-electron chi connectivity index (χ3n) is 7.40. The second-order valence-corrected chi connectivity index (χ2v) is 12.3. The van der Waals surface area contributed by atoms with Gasteiger partial charge in [0.15, 0.2) is 0 Å². The molecule has 0 saturated heterocycles. The van der Waals surface area contributed by atoms with Gasteiger partial charge in [0.25, 0.3) is 0 Å². The Morgan fingerprint density at radius 2 is 1.26 bits per heavy atom. The molecule has 0 spiro atoms. The van der Waals surface area contributed by atoms with Crippen molar-refractivity contribution < 1.29 is 0 Å². The summed E-state index contributed by atoms with van der Waals surface area (Å²) in [6.45, 7) is 16.2. The van der Waals surface area contributed by atoms with Gasteiger partial charge in [0.1, 0.15) is 0 Å². The van der Waals surface area contributed by atoms with Crippen molar-refractivity contribution in [3.05, 3.63) is 103 Å². The average Bonchev–Trinajstić information content (AvgIpc) is 2.66. The van der Waals surface area contributed by atoms with Crippen LogP contribution < -0.4 is 0 Å². The van der Waals surface area contributed by atoms with E-state index < -0.39 is 0 Å². The molecule has 3 aromatic rings. The molecule has 160 valence electrons. The summed E-state index contributed by atoms with van der Waals surface area (Å²) in [5, 5.41) is 1.67. The van der Waals surface area contributed by atoms with E-state index >= 15 is 0 Å². The number of rotatable bonds is 0. The molecule has 0 radical (unpaired) electrons. The Bertz CT molecular complexity index is 1180. The minimum Gasteiger partial charge on any atom is -0.0840 e. The number of hydrogen-bond acceptors (Lipinski definition) is 0. The van der Waals surface area contributed by atoms with Gasteiger partial charge in [-0.1, -0.05) is 101 Å². The van der Waals surface area contributed by atoms with E-state index in [2.05, 4.69) is 84.9 Å². The first kappa shape index (κ1) is 21.1. The zero-order valence-electron chi connectivity index (χ0n) is 19.5. The summed E-state index contributed by atoms with van der Waals surface area (Å²) in [5.41, 5.74) is 10.4. The lowest BCUT2D eigenvalue weighted by Gasteiger charge is -2.51. The summed E-state index contributed by atoms with van der Waals surface area (Å²) in [6, 6.07) is 17.7. The molecular formula is C29H30Cl2. The van der Waals surface area contributed by atoms with Gasteiger partial charge in [-0.25, -0.2) is 0 Å². The Morgan fingerprint density at radius 1 is 0.742 bits per heavy atom. The van der Waals surface area contributed by atoms with Crippen LogP contribution in [0.5, 0.6) is 0 Å². The summed E-state index contributed by atoms with van der Waals surface area (Å²) >= 11 is 13.9. The molecule has 0 aromatic heterocycles. The molecule has 0 amide bonds. The van der Waals surface area contributed by atoms with Crippen LogP contribution in [-0.4, -0.2) is 0 Å². The van der Waals surface area contributed by atoms with Gasteiger partial charge in [-0.05, 0) is 74.4 Å². The largest absolute Gasteiger partial charge is 0.0840 e. The van der Waals surface area contributed by atoms with Crippen LogP contribution in [0.25, 0.3) is 0 Å². The number of benzene rings is 3. The smallest absolute Gasteiger partial charge is 0.0462 e. The van der Waals surface area contributed by atoms with E-state index in [1.807, 2.05) is 12.1 Å². The monoisotopic (exact) mass is 448 g/mol. The van der Waals surface area contributed by atoms with Crippen molar-refractivity contribution in [2.75, 3.05) is 0 Å². The molecule has 3 aromatic carbocycles. The van der Waals surface area contributed by atoms with Crippen LogP contribution in [-0.2, 0) is 16.2 Å². The minimum atomic E-state index is -0.382. The van der Waals surface area contributed by atoms with E-state index in [1.165, 1.54) is 44.5 Å². The maximum atomic E-state index is 6.93. The summed E-state index contributed by atoms with van der Waals surface area (Å²) in [6.07, 6.45) is 0.